The van der Waals surface area contributed by atoms with Crippen LogP contribution in [0, 0.1) is 11.1 Å². The Labute approximate surface area is 136 Å². The molecule has 0 spiro atoms. The Morgan fingerprint density at radius 2 is 2.00 bits per heavy atom. The molecule has 0 N–H and O–H groups in total. The molecule has 1 aromatic carbocycles. The third kappa shape index (κ3) is 3.35. The summed E-state index contributed by atoms with van der Waals surface area (Å²) in [6.07, 6.45) is 6.69. The van der Waals surface area contributed by atoms with Crippen molar-refractivity contribution in [2.75, 3.05) is 14.1 Å². The zero-order valence-corrected chi connectivity index (χ0v) is 13.8. The molecule has 0 saturated carbocycles. The van der Waals surface area contributed by atoms with Gasteiger partial charge >= 0.3 is 0 Å². The summed E-state index contributed by atoms with van der Waals surface area (Å²) >= 11 is 0. The predicted molar refractivity (Wildman–Crippen MR) is 93.2 cm³/mol. The maximum absolute atomic E-state index is 11.9. The fourth-order valence-electron chi connectivity index (χ4n) is 2.90. The van der Waals surface area contributed by atoms with Crippen LogP contribution in [-0.2, 0) is 6.54 Å². The van der Waals surface area contributed by atoms with Crippen molar-refractivity contribution < 1.29 is 4.85 Å². The minimum Gasteiger partial charge on any atom is -0.594 e. The quantitative estimate of drug-likeness (QED) is 0.644. The van der Waals surface area contributed by atoms with Crippen LogP contribution in [0.4, 0.5) is 0 Å². The van der Waals surface area contributed by atoms with Crippen LogP contribution < -0.4 is 0 Å². The van der Waals surface area contributed by atoms with Crippen LogP contribution in [0.2, 0.25) is 0 Å². The fourth-order valence-corrected chi connectivity index (χ4v) is 2.90. The SMILES string of the molecule is CC1CC=N[N+]([O-])=C1c1ccc(-n2ccc(CN(C)C)c2)cc1. The molecule has 1 unspecified atom stereocenters. The summed E-state index contributed by atoms with van der Waals surface area (Å²) in [6, 6.07) is 10.2. The van der Waals surface area contributed by atoms with Gasteiger partial charge in [0.1, 0.15) is 0 Å². The number of benzene rings is 1. The van der Waals surface area contributed by atoms with Crippen LogP contribution in [0.3, 0.4) is 0 Å². The van der Waals surface area contributed by atoms with E-state index in [2.05, 4.69) is 54.0 Å². The van der Waals surface area contributed by atoms with Crippen molar-refractivity contribution in [1.29, 1.82) is 0 Å². The van der Waals surface area contributed by atoms with Gasteiger partial charge in [0.25, 0.3) is 0 Å². The molecule has 120 valence electrons. The van der Waals surface area contributed by atoms with Gasteiger partial charge in [-0.3, -0.25) is 0 Å². The lowest BCUT2D eigenvalue weighted by Crippen LogP contribution is -2.25. The first kappa shape index (κ1) is 15.5. The van der Waals surface area contributed by atoms with Crippen molar-refractivity contribution in [3.63, 3.8) is 0 Å². The van der Waals surface area contributed by atoms with Crippen LogP contribution >= 0.6 is 0 Å². The smallest absolute Gasteiger partial charge is 0.232 e. The highest BCUT2D eigenvalue weighted by Gasteiger charge is 2.24. The average molecular weight is 310 g/mol. The van der Waals surface area contributed by atoms with Gasteiger partial charge in [0.2, 0.25) is 5.71 Å². The summed E-state index contributed by atoms with van der Waals surface area (Å²) in [6.45, 7) is 2.97. The molecule has 2 aromatic rings. The lowest BCUT2D eigenvalue weighted by atomic mass is 9.95. The van der Waals surface area contributed by atoms with Gasteiger partial charge in [0.15, 0.2) is 0 Å². The number of nitrogens with zero attached hydrogens (tertiary/aromatic N) is 4. The van der Waals surface area contributed by atoms with Gasteiger partial charge in [0, 0.05) is 41.7 Å². The Morgan fingerprint density at radius 1 is 1.26 bits per heavy atom. The highest BCUT2D eigenvalue weighted by molar-refractivity contribution is 6.00. The molecule has 0 fully saturated rings. The fraction of sp³-hybridized carbons (Fsp3) is 0.333. The van der Waals surface area contributed by atoms with Gasteiger partial charge in [-0.05, 0) is 50.0 Å². The van der Waals surface area contributed by atoms with Gasteiger partial charge in [-0.1, -0.05) is 11.8 Å². The third-order valence-corrected chi connectivity index (χ3v) is 4.03. The van der Waals surface area contributed by atoms with E-state index in [9.17, 15) is 5.21 Å². The molecule has 1 aliphatic rings. The molecule has 2 heterocycles. The van der Waals surface area contributed by atoms with Crippen LogP contribution in [0.1, 0.15) is 24.5 Å². The van der Waals surface area contributed by atoms with Gasteiger partial charge in [0.05, 0.1) is 12.1 Å². The summed E-state index contributed by atoms with van der Waals surface area (Å²) < 4.78 is 2.10. The highest BCUT2D eigenvalue weighted by atomic mass is 16.5. The minimum absolute atomic E-state index is 0.189. The highest BCUT2D eigenvalue weighted by Crippen LogP contribution is 2.18. The maximum Gasteiger partial charge on any atom is 0.232 e. The van der Waals surface area contributed by atoms with Gasteiger partial charge in [-0.2, -0.15) is 0 Å². The molecule has 5 nitrogen and oxygen atoms in total. The van der Waals surface area contributed by atoms with Crippen molar-refractivity contribution in [2.24, 2.45) is 11.0 Å². The van der Waals surface area contributed by atoms with E-state index in [-0.39, 0.29) is 5.92 Å². The topological polar surface area (TPSA) is 46.6 Å². The molecule has 1 aliphatic heterocycles. The van der Waals surface area contributed by atoms with Crippen molar-refractivity contribution >= 4 is 11.9 Å². The van der Waals surface area contributed by atoms with Crippen molar-refractivity contribution in [3.8, 4) is 5.69 Å². The van der Waals surface area contributed by atoms with E-state index < -0.39 is 0 Å². The van der Waals surface area contributed by atoms with E-state index >= 15 is 0 Å². The first-order valence-electron chi connectivity index (χ1n) is 7.83. The zero-order valence-electron chi connectivity index (χ0n) is 13.8. The zero-order chi connectivity index (χ0) is 16.4. The van der Waals surface area contributed by atoms with Crippen molar-refractivity contribution in [3.05, 3.63) is 59.1 Å². The summed E-state index contributed by atoms with van der Waals surface area (Å²) in [7, 11) is 4.12. The van der Waals surface area contributed by atoms with Gasteiger partial charge in [-0.15, -0.1) is 0 Å². The lowest BCUT2D eigenvalue weighted by molar-refractivity contribution is -0.466. The third-order valence-electron chi connectivity index (χ3n) is 4.03. The van der Waals surface area contributed by atoms with E-state index in [0.29, 0.717) is 0 Å². The molecule has 0 radical (unpaired) electrons. The lowest BCUT2D eigenvalue weighted by Gasteiger charge is -2.15. The van der Waals surface area contributed by atoms with Gasteiger partial charge < -0.3 is 14.7 Å². The van der Waals surface area contributed by atoms with E-state index in [4.69, 9.17) is 0 Å². The molecule has 0 amide bonds. The number of hydrazone groups is 1. The number of aromatic nitrogens is 1. The Bertz CT molecular complexity index is 741. The molecule has 5 heteroatoms. The average Bonchev–Trinajstić information content (AvgIpc) is 2.95. The second-order valence-corrected chi connectivity index (χ2v) is 6.30. The summed E-state index contributed by atoms with van der Waals surface area (Å²) in [5, 5.41) is 15.8. The second-order valence-electron chi connectivity index (χ2n) is 6.30. The van der Waals surface area contributed by atoms with E-state index in [0.717, 1.165) is 34.8 Å². The van der Waals surface area contributed by atoms with Gasteiger partial charge in [-0.25, -0.2) is 0 Å². The molecule has 0 saturated heterocycles. The first-order valence-corrected chi connectivity index (χ1v) is 7.83. The largest absolute Gasteiger partial charge is 0.594 e. The first-order chi connectivity index (χ1) is 11.0. The monoisotopic (exact) mass is 310 g/mol. The van der Waals surface area contributed by atoms with Crippen molar-refractivity contribution in [1.82, 2.24) is 9.47 Å². The minimum atomic E-state index is 0.189. The summed E-state index contributed by atoms with van der Waals surface area (Å²) in [5.41, 5.74) is 4.03. The molecule has 3 rings (SSSR count). The van der Waals surface area contributed by atoms with E-state index in [1.54, 1.807) is 6.21 Å². The number of rotatable bonds is 4. The number of hydrogen-bond acceptors (Lipinski definition) is 3. The molecular weight excluding hydrogens is 288 g/mol. The van der Waals surface area contributed by atoms with Crippen LogP contribution in [-0.4, -0.2) is 40.3 Å². The van der Waals surface area contributed by atoms with E-state index in [1.165, 1.54) is 5.56 Å². The standard InChI is InChI=1S/C18H22N4O/c1-14-8-10-19-22(23)18(14)16-4-6-17(7-5-16)21-11-9-15(13-21)12-20(2)3/h4-7,9-11,13-14H,8,12H2,1-3H3. The molecule has 1 atom stereocenters. The molecule has 23 heavy (non-hydrogen) atoms. The molecule has 0 bridgehead atoms. The Hall–Kier alpha value is -2.40. The summed E-state index contributed by atoms with van der Waals surface area (Å²) in [5.74, 6) is 0.189. The van der Waals surface area contributed by atoms with Crippen LogP contribution in [0.15, 0.2) is 47.8 Å². The molecular formula is C18H22N4O. The van der Waals surface area contributed by atoms with E-state index in [1.807, 2.05) is 24.3 Å². The predicted octanol–water partition coefficient (Wildman–Crippen LogP) is 2.86. The molecule has 1 aromatic heterocycles. The Balaban J connectivity index is 1.85. The Morgan fingerprint density at radius 3 is 2.65 bits per heavy atom. The normalized spacial score (nSPS) is 18.0. The summed E-state index contributed by atoms with van der Waals surface area (Å²) in [4.78, 5) is 2.89. The number of hydrogen-bond donors (Lipinski definition) is 0. The van der Waals surface area contributed by atoms with Crippen molar-refractivity contribution in [2.45, 2.75) is 19.9 Å². The molecule has 0 aliphatic carbocycles. The van der Waals surface area contributed by atoms with Crippen LogP contribution in [0.5, 0.6) is 0 Å². The second kappa shape index (κ2) is 6.38. The van der Waals surface area contributed by atoms with Crippen LogP contribution in [0.25, 0.3) is 5.69 Å². The Kier molecular flexibility index (Phi) is 4.30. The maximum atomic E-state index is 11.9.